The minimum Gasteiger partial charge on any atom is -0.494 e. The van der Waals surface area contributed by atoms with E-state index in [0.29, 0.717) is 6.61 Å². The predicted octanol–water partition coefficient (Wildman–Crippen LogP) is 2.56. The number of nitrogens with one attached hydrogen (secondary N) is 1. The van der Waals surface area contributed by atoms with Crippen molar-refractivity contribution in [3.63, 3.8) is 0 Å². The Labute approximate surface area is 94.9 Å². The molecule has 16 heavy (non-hydrogen) atoms. The molecule has 1 aromatic heterocycles. The van der Waals surface area contributed by atoms with Crippen molar-refractivity contribution < 1.29 is 4.74 Å². The van der Waals surface area contributed by atoms with E-state index in [9.17, 15) is 0 Å². The van der Waals surface area contributed by atoms with Crippen LogP contribution in [0, 0.1) is 0 Å². The molecule has 0 saturated carbocycles. The van der Waals surface area contributed by atoms with E-state index in [0.717, 1.165) is 17.4 Å². The van der Waals surface area contributed by atoms with Crippen molar-refractivity contribution in [2.24, 2.45) is 7.05 Å². The molecular formula is C12H15N3O. The lowest BCUT2D eigenvalue weighted by molar-refractivity contribution is 0.340. The number of benzene rings is 1. The second kappa shape index (κ2) is 4.70. The zero-order valence-electron chi connectivity index (χ0n) is 9.47. The molecule has 4 heteroatoms. The van der Waals surface area contributed by atoms with E-state index in [2.05, 4.69) is 10.3 Å². The minimum atomic E-state index is 0.687. The quantitative estimate of drug-likeness (QED) is 0.855. The van der Waals surface area contributed by atoms with Gasteiger partial charge in [-0.2, -0.15) is 0 Å². The fourth-order valence-electron chi connectivity index (χ4n) is 1.42. The Morgan fingerprint density at radius 2 is 2.06 bits per heavy atom. The van der Waals surface area contributed by atoms with Gasteiger partial charge in [0.15, 0.2) is 0 Å². The van der Waals surface area contributed by atoms with E-state index in [1.165, 1.54) is 0 Å². The van der Waals surface area contributed by atoms with Gasteiger partial charge in [0.25, 0.3) is 0 Å². The standard InChI is InChI=1S/C12H15N3O/c1-3-16-11-6-4-10(5-7-11)14-12-13-8-9-15(12)2/h4-9H,3H2,1-2H3,(H,13,14). The molecule has 0 unspecified atom stereocenters. The third kappa shape index (κ3) is 2.34. The summed E-state index contributed by atoms with van der Waals surface area (Å²) in [5, 5.41) is 3.22. The zero-order chi connectivity index (χ0) is 11.4. The zero-order valence-corrected chi connectivity index (χ0v) is 9.47. The number of imidazole rings is 1. The van der Waals surface area contributed by atoms with Gasteiger partial charge >= 0.3 is 0 Å². The van der Waals surface area contributed by atoms with Crippen LogP contribution in [0.25, 0.3) is 0 Å². The lowest BCUT2D eigenvalue weighted by atomic mass is 10.3. The number of aryl methyl sites for hydroxylation is 1. The monoisotopic (exact) mass is 217 g/mol. The molecular weight excluding hydrogens is 202 g/mol. The van der Waals surface area contributed by atoms with Crippen LogP contribution >= 0.6 is 0 Å². The van der Waals surface area contributed by atoms with Crippen molar-refractivity contribution in [1.82, 2.24) is 9.55 Å². The third-order valence-corrected chi connectivity index (χ3v) is 2.24. The first kappa shape index (κ1) is 10.5. The Morgan fingerprint density at radius 1 is 1.31 bits per heavy atom. The molecule has 1 heterocycles. The normalized spacial score (nSPS) is 10.1. The minimum absolute atomic E-state index is 0.687. The van der Waals surface area contributed by atoms with E-state index < -0.39 is 0 Å². The highest BCUT2D eigenvalue weighted by Gasteiger charge is 1.99. The Hall–Kier alpha value is -1.97. The van der Waals surface area contributed by atoms with Gasteiger partial charge in [-0.1, -0.05) is 0 Å². The van der Waals surface area contributed by atoms with Crippen LogP contribution in [0.15, 0.2) is 36.7 Å². The molecule has 0 aliphatic rings. The summed E-state index contributed by atoms with van der Waals surface area (Å²) in [6, 6.07) is 7.82. The van der Waals surface area contributed by atoms with Crippen LogP contribution < -0.4 is 10.1 Å². The van der Waals surface area contributed by atoms with Gasteiger partial charge in [0.2, 0.25) is 5.95 Å². The molecule has 0 bridgehead atoms. The summed E-state index contributed by atoms with van der Waals surface area (Å²) in [5.74, 6) is 1.71. The summed E-state index contributed by atoms with van der Waals surface area (Å²) >= 11 is 0. The smallest absolute Gasteiger partial charge is 0.207 e. The van der Waals surface area contributed by atoms with Crippen LogP contribution in [0.4, 0.5) is 11.6 Å². The molecule has 1 aromatic carbocycles. The second-order valence-corrected chi connectivity index (χ2v) is 3.44. The van der Waals surface area contributed by atoms with Gasteiger partial charge in [0.1, 0.15) is 5.75 Å². The number of rotatable bonds is 4. The first-order valence-electron chi connectivity index (χ1n) is 5.27. The van der Waals surface area contributed by atoms with Gasteiger partial charge in [0.05, 0.1) is 6.61 Å². The SMILES string of the molecule is CCOc1ccc(Nc2nccn2C)cc1. The van der Waals surface area contributed by atoms with Crippen molar-refractivity contribution in [3.8, 4) is 5.75 Å². The Morgan fingerprint density at radius 3 is 2.62 bits per heavy atom. The topological polar surface area (TPSA) is 39.1 Å². The molecule has 0 spiro atoms. The molecule has 0 aliphatic carbocycles. The summed E-state index contributed by atoms with van der Waals surface area (Å²) in [4.78, 5) is 4.19. The fraction of sp³-hybridized carbons (Fsp3) is 0.250. The number of hydrogen-bond acceptors (Lipinski definition) is 3. The maximum absolute atomic E-state index is 5.37. The first-order valence-corrected chi connectivity index (χ1v) is 5.27. The van der Waals surface area contributed by atoms with E-state index in [4.69, 9.17) is 4.74 Å². The predicted molar refractivity (Wildman–Crippen MR) is 64.1 cm³/mol. The summed E-state index contributed by atoms with van der Waals surface area (Å²) < 4.78 is 7.30. The van der Waals surface area contributed by atoms with E-state index in [1.807, 2.05) is 49.0 Å². The van der Waals surface area contributed by atoms with Gasteiger partial charge in [-0.25, -0.2) is 4.98 Å². The van der Waals surface area contributed by atoms with E-state index in [-0.39, 0.29) is 0 Å². The van der Waals surface area contributed by atoms with Crippen LogP contribution in [-0.4, -0.2) is 16.2 Å². The lowest BCUT2D eigenvalue weighted by Crippen LogP contribution is -1.98. The van der Waals surface area contributed by atoms with E-state index >= 15 is 0 Å². The van der Waals surface area contributed by atoms with Gasteiger partial charge in [-0.3, -0.25) is 0 Å². The van der Waals surface area contributed by atoms with Crippen LogP contribution in [0.3, 0.4) is 0 Å². The van der Waals surface area contributed by atoms with Gasteiger partial charge in [-0.05, 0) is 31.2 Å². The maximum atomic E-state index is 5.37. The molecule has 0 fully saturated rings. The molecule has 84 valence electrons. The molecule has 0 aliphatic heterocycles. The third-order valence-electron chi connectivity index (χ3n) is 2.24. The maximum Gasteiger partial charge on any atom is 0.207 e. The average Bonchev–Trinajstić information content (AvgIpc) is 2.68. The molecule has 0 saturated heterocycles. The van der Waals surface area contributed by atoms with Gasteiger partial charge < -0.3 is 14.6 Å². The fourth-order valence-corrected chi connectivity index (χ4v) is 1.42. The Balaban J connectivity index is 2.08. The van der Waals surface area contributed by atoms with E-state index in [1.54, 1.807) is 6.20 Å². The van der Waals surface area contributed by atoms with Gasteiger partial charge in [-0.15, -0.1) is 0 Å². The number of hydrogen-bond donors (Lipinski definition) is 1. The number of ether oxygens (including phenoxy) is 1. The summed E-state index contributed by atoms with van der Waals surface area (Å²) in [6.45, 7) is 2.66. The number of anilines is 2. The van der Waals surface area contributed by atoms with Crippen molar-refractivity contribution in [2.45, 2.75) is 6.92 Å². The number of aromatic nitrogens is 2. The average molecular weight is 217 g/mol. The second-order valence-electron chi connectivity index (χ2n) is 3.44. The molecule has 0 radical (unpaired) electrons. The first-order chi connectivity index (χ1) is 7.79. The highest BCUT2D eigenvalue weighted by atomic mass is 16.5. The number of nitrogens with zero attached hydrogens (tertiary/aromatic N) is 2. The lowest BCUT2D eigenvalue weighted by Gasteiger charge is -2.07. The molecule has 2 aromatic rings. The van der Waals surface area contributed by atoms with Crippen LogP contribution in [0.5, 0.6) is 5.75 Å². The Bertz CT molecular complexity index is 448. The van der Waals surface area contributed by atoms with Crippen molar-refractivity contribution >= 4 is 11.6 Å². The van der Waals surface area contributed by atoms with Gasteiger partial charge in [0, 0.05) is 25.1 Å². The molecule has 0 amide bonds. The molecule has 0 atom stereocenters. The summed E-state index contributed by atoms with van der Waals surface area (Å²) in [6.07, 6.45) is 3.66. The van der Waals surface area contributed by atoms with Crippen LogP contribution in [0.2, 0.25) is 0 Å². The highest BCUT2D eigenvalue weighted by Crippen LogP contribution is 2.18. The van der Waals surface area contributed by atoms with Crippen molar-refractivity contribution in [3.05, 3.63) is 36.7 Å². The van der Waals surface area contributed by atoms with Crippen molar-refractivity contribution in [2.75, 3.05) is 11.9 Å². The largest absolute Gasteiger partial charge is 0.494 e. The summed E-state index contributed by atoms with van der Waals surface area (Å²) in [5.41, 5.74) is 0.998. The highest BCUT2D eigenvalue weighted by molar-refractivity contribution is 5.54. The van der Waals surface area contributed by atoms with Crippen molar-refractivity contribution in [1.29, 1.82) is 0 Å². The molecule has 1 N–H and O–H groups in total. The summed E-state index contributed by atoms with van der Waals surface area (Å²) in [7, 11) is 1.95. The molecule has 2 rings (SSSR count). The van der Waals surface area contributed by atoms with Crippen LogP contribution in [0.1, 0.15) is 6.92 Å². The Kier molecular flexibility index (Phi) is 3.10. The molecule has 4 nitrogen and oxygen atoms in total. The van der Waals surface area contributed by atoms with Crippen LogP contribution in [-0.2, 0) is 7.05 Å².